The van der Waals surface area contributed by atoms with Crippen LogP contribution in [0.25, 0.3) is 0 Å². The van der Waals surface area contributed by atoms with E-state index in [2.05, 4.69) is 4.98 Å². The van der Waals surface area contributed by atoms with Crippen molar-refractivity contribution in [3.8, 4) is 11.5 Å². The number of carbonyl (C=O) groups is 1. The van der Waals surface area contributed by atoms with Gasteiger partial charge in [-0.2, -0.15) is 0 Å². The van der Waals surface area contributed by atoms with Crippen molar-refractivity contribution in [2.24, 2.45) is 0 Å². The summed E-state index contributed by atoms with van der Waals surface area (Å²) in [4.78, 5) is 25.5. The Labute approximate surface area is 179 Å². The van der Waals surface area contributed by atoms with Crippen LogP contribution in [-0.2, 0) is 9.63 Å². The highest BCUT2D eigenvalue weighted by atomic mass is 35.5. The zero-order valence-electron chi connectivity index (χ0n) is 16.4. The van der Waals surface area contributed by atoms with Gasteiger partial charge in [0.2, 0.25) is 6.79 Å². The third-order valence-corrected chi connectivity index (χ3v) is 5.76. The average Bonchev–Trinajstić information content (AvgIpc) is 3.27. The molecule has 2 unspecified atom stereocenters. The Morgan fingerprint density at radius 2 is 1.87 bits per heavy atom. The van der Waals surface area contributed by atoms with Crippen LogP contribution < -0.4 is 14.5 Å². The molecule has 3 aliphatic heterocycles. The number of amides is 1. The molecule has 1 saturated heterocycles. The number of hydroxylamine groups is 1. The Bertz CT molecular complexity index is 959. The first-order chi connectivity index (χ1) is 14.7. The number of aromatic nitrogens is 1. The number of fused-ring (bicyclic) bond motifs is 1. The molecule has 30 heavy (non-hydrogen) atoms. The lowest BCUT2D eigenvalue weighted by molar-refractivity contribution is -0.143. The maximum atomic E-state index is 13.0. The lowest BCUT2D eigenvalue weighted by Gasteiger charge is -2.37. The first-order valence-electron chi connectivity index (χ1n) is 10.1. The molecule has 1 aromatic heterocycles. The summed E-state index contributed by atoms with van der Waals surface area (Å²) in [5.41, 5.74) is 0.941. The minimum atomic E-state index is -0.689. The monoisotopic (exact) mass is 427 g/mol. The Morgan fingerprint density at radius 3 is 2.67 bits per heavy atom. The predicted octanol–water partition coefficient (Wildman–Crippen LogP) is 3.89. The van der Waals surface area contributed by atoms with Gasteiger partial charge in [0.15, 0.2) is 23.4 Å². The summed E-state index contributed by atoms with van der Waals surface area (Å²) >= 11 is 6.02. The zero-order chi connectivity index (χ0) is 20.5. The van der Waals surface area contributed by atoms with E-state index in [9.17, 15) is 4.79 Å². The van der Waals surface area contributed by atoms with Gasteiger partial charge >= 0.3 is 0 Å². The van der Waals surface area contributed by atoms with Gasteiger partial charge in [0.1, 0.15) is 6.04 Å². The number of hydrogen-bond donors (Lipinski definition) is 0. The summed E-state index contributed by atoms with van der Waals surface area (Å²) < 4.78 is 10.9. The Kier molecular flexibility index (Phi) is 5.23. The summed E-state index contributed by atoms with van der Waals surface area (Å²) in [6.07, 6.45) is 7.91. The van der Waals surface area contributed by atoms with E-state index in [1.165, 1.54) is 0 Å². The molecule has 3 aliphatic rings. The van der Waals surface area contributed by atoms with E-state index in [4.69, 9.17) is 25.9 Å². The fourth-order valence-corrected chi connectivity index (χ4v) is 4.08. The van der Waals surface area contributed by atoms with E-state index in [-0.39, 0.29) is 18.7 Å². The molecule has 0 saturated carbocycles. The molecule has 4 heterocycles. The quantitative estimate of drug-likeness (QED) is 0.692. The topological polar surface area (TPSA) is 64.1 Å². The molecule has 2 aromatic rings. The number of nitrogens with zero attached hydrogens (tertiary/aromatic N) is 3. The Hall–Kier alpha value is -2.77. The second-order valence-electron chi connectivity index (χ2n) is 7.51. The van der Waals surface area contributed by atoms with Gasteiger partial charge < -0.3 is 14.4 Å². The predicted molar refractivity (Wildman–Crippen MR) is 111 cm³/mol. The zero-order valence-corrected chi connectivity index (χ0v) is 17.1. The van der Waals surface area contributed by atoms with Crippen LogP contribution in [0.2, 0.25) is 5.02 Å². The summed E-state index contributed by atoms with van der Waals surface area (Å²) in [6.45, 7) is 1.76. The number of halogens is 1. The lowest BCUT2D eigenvalue weighted by atomic mass is 10.0. The molecule has 2 atom stereocenters. The van der Waals surface area contributed by atoms with Crippen molar-refractivity contribution in [3.63, 3.8) is 0 Å². The van der Waals surface area contributed by atoms with E-state index in [1.807, 2.05) is 35.3 Å². The highest BCUT2D eigenvalue weighted by molar-refractivity contribution is 6.30. The second-order valence-corrected chi connectivity index (χ2v) is 7.95. The van der Waals surface area contributed by atoms with Crippen molar-refractivity contribution in [1.82, 2.24) is 9.88 Å². The minimum absolute atomic E-state index is 0.0194. The fourth-order valence-electron chi connectivity index (χ4n) is 3.97. The lowest BCUT2D eigenvalue weighted by Crippen LogP contribution is -2.47. The number of ether oxygens (including phenoxy) is 2. The van der Waals surface area contributed by atoms with Gasteiger partial charge in [-0.25, -0.2) is 10.0 Å². The first-order valence-corrected chi connectivity index (χ1v) is 10.5. The van der Waals surface area contributed by atoms with Crippen molar-refractivity contribution in [2.45, 2.75) is 31.4 Å². The van der Waals surface area contributed by atoms with E-state index < -0.39 is 6.10 Å². The van der Waals surface area contributed by atoms with Gasteiger partial charge in [-0.15, -0.1) is 0 Å². The largest absolute Gasteiger partial charge is 0.454 e. The highest BCUT2D eigenvalue weighted by Crippen LogP contribution is 2.38. The molecule has 8 heteroatoms. The van der Waals surface area contributed by atoms with Crippen molar-refractivity contribution in [3.05, 3.63) is 59.3 Å². The molecule has 0 bridgehead atoms. The van der Waals surface area contributed by atoms with Gasteiger partial charge in [0, 0.05) is 19.3 Å². The van der Waals surface area contributed by atoms with Crippen LogP contribution in [0.3, 0.4) is 0 Å². The van der Waals surface area contributed by atoms with E-state index in [0.29, 0.717) is 22.3 Å². The van der Waals surface area contributed by atoms with E-state index >= 15 is 0 Å². The van der Waals surface area contributed by atoms with Gasteiger partial charge in [-0.3, -0.25) is 9.63 Å². The van der Waals surface area contributed by atoms with Crippen LogP contribution >= 0.6 is 11.6 Å². The standard InChI is InChI=1S/C22H22ClN3O4/c23-16-5-9-21(24-13-16)26-17(15-4-7-18-20(12-15)29-14-28-18)6-8-19(30-26)22(27)25-10-2-1-3-11-25/h4-9,12-13,17,19H,1-3,10-11,14H2. The number of benzene rings is 1. The smallest absolute Gasteiger partial charge is 0.258 e. The number of likely N-dealkylation sites (tertiary alicyclic amines) is 1. The van der Waals surface area contributed by atoms with Gasteiger partial charge in [-0.05, 0) is 55.2 Å². The number of carbonyl (C=O) groups excluding carboxylic acids is 1. The summed E-state index contributed by atoms with van der Waals surface area (Å²) in [6, 6.07) is 9.02. The van der Waals surface area contributed by atoms with Crippen LogP contribution in [0.4, 0.5) is 5.82 Å². The maximum absolute atomic E-state index is 13.0. The fraction of sp³-hybridized carbons (Fsp3) is 0.364. The van der Waals surface area contributed by atoms with Gasteiger partial charge in [0.05, 0.1) is 5.02 Å². The summed E-state index contributed by atoms with van der Waals surface area (Å²) in [7, 11) is 0. The highest BCUT2D eigenvalue weighted by Gasteiger charge is 2.34. The SMILES string of the molecule is O=C(C1C=CC(c2ccc3c(c2)OCO3)N(c2ccc(Cl)cn2)O1)N1CCCCC1. The van der Waals surface area contributed by atoms with Crippen LogP contribution in [-0.4, -0.2) is 41.8 Å². The van der Waals surface area contributed by atoms with Crippen LogP contribution in [0.1, 0.15) is 30.9 Å². The van der Waals surface area contributed by atoms with Crippen molar-refractivity contribution < 1.29 is 19.1 Å². The molecule has 156 valence electrons. The molecule has 0 radical (unpaired) electrons. The molecule has 0 N–H and O–H groups in total. The van der Waals surface area contributed by atoms with Crippen LogP contribution in [0, 0.1) is 0 Å². The Balaban J connectivity index is 1.46. The number of anilines is 1. The maximum Gasteiger partial charge on any atom is 0.258 e. The van der Waals surface area contributed by atoms with Crippen molar-refractivity contribution >= 4 is 23.3 Å². The van der Waals surface area contributed by atoms with Gasteiger partial charge in [-0.1, -0.05) is 23.7 Å². The molecular weight excluding hydrogens is 406 g/mol. The Morgan fingerprint density at radius 1 is 1.03 bits per heavy atom. The van der Waals surface area contributed by atoms with Crippen LogP contribution in [0.5, 0.6) is 11.5 Å². The molecule has 5 rings (SSSR count). The molecule has 0 aliphatic carbocycles. The number of pyridine rings is 1. The normalized spacial score (nSPS) is 23.0. The van der Waals surface area contributed by atoms with Crippen LogP contribution in [0.15, 0.2) is 48.7 Å². The number of hydrogen-bond acceptors (Lipinski definition) is 6. The molecule has 1 amide bonds. The summed E-state index contributed by atoms with van der Waals surface area (Å²) in [5, 5.41) is 2.20. The molecule has 7 nitrogen and oxygen atoms in total. The number of piperidine rings is 1. The van der Waals surface area contributed by atoms with E-state index in [1.54, 1.807) is 23.4 Å². The number of rotatable bonds is 3. The first kappa shape index (κ1) is 19.2. The van der Waals surface area contributed by atoms with Crippen molar-refractivity contribution in [2.75, 3.05) is 24.9 Å². The third-order valence-electron chi connectivity index (χ3n) is 5.53. The molecule has 0 spiro atoms. The summed E-state index contributed by atoms with van der Waals surface area (Å²) in [5.74, 6) is 1.96. The van der Waals surface area contributed by atoms with Crippen molar-refractivity contribution in [1.29, 1.82) is 0 Å². The third kappa shape index (κ3) is 3.70. The second kappa shape index (κ2) is 8.16. The van der Waals surface area contributed by atoms with Gasteiger partial charge in [0.25, 0.3) is 5.91 Å². The molecular formula is C22H22ClN3O4. The molecule has 1 fully saturated rings. The minimum Gasteiger partial charge on any atom is -0.454 e. The average molecular weight is 428 g/mol. The van der Waals surface area contributed by atoms with E-state index in [0.717, 1.165) is 37.9 Å². The molecule has 1 aromatic carbocycles.